The predicted octanol–water partition coefficient (Wildman–Crippen LogP) is 1.50. The van der Waals surface area contributed by atoms with E-state index in [1.54, 1.807) is 11.8 Å². The molecule has 1 rings (SSSR count). The van der Waals surface area contributed by atoms with E-state index in [2.05, 4.69) is 14.9 Å². The van der Waals surface area contributed by atoms with Gasteiger partial charge in [0.15, 0.2) is 0 Å². The number of rotatable bonds is 7. The van der Waals surface area contributed by atoms with E-state index in [0.29, 0.717) is 18.2 Å². The molecule has 1 aromatic rings. The summed E-state index contributed by atoms with van der Waals surface area (Å²) in [4.78, 5) is 10.3. The lowest BCUT2D eigenvalue weighted by molar-refractivity contribution is 0.305. The maximum Gasteiger partial charge on any atom is 0.241 e. The quantitative estimate of drug-likeness (QED) is 0.589. The first-order chi connectivity index (χ1) is 8.15. The largest absolute Gasteiger partial charge is 0.476 e. The third-order valence-corrected chi connectivity index (χ3v) is 3.02. The molecule has 2 N–H and O–H groups in total. The van der Waals surface area contributed by atoms with Crippen LogP contribution in [0.15, 0.2) is 11.4 Å². The predicted molar refractivity (Wildman–Crippen MR) is 71.5 cm³/mol. The Kier molecular flexibility index (Phi) is 6.07. The molecule has 0 unspecified atom stereocenters. The summed E-state index contributed by atoms with van der Waals surface area (Å²) in [6.07, 6.45) is 2.44. The van der Waals surface area contributed by atoms with Crippen molar-refractivity contribution in [1.29, 1.82) is 0 Å². The number of nitrogen functional groups attached to an aromatic ring is 1. The monoisotopic (exact) mass is 256 g/mol. The standard InChI is InChI=1S/C11H20N4OS/c1-4-6-16-10-9(12)11(14-8-13-10)17-7-5-15(2)3/h8H,4-7,12H2,1-3H3. The number of hydrogen-bond acceptors (Lipinski definition) is 6. The molecule has 6 heteroatoms. The molecule has 0 aliphatic carbocycles. The van der Waals surface area contributed by atoms with Gasteiger partial charge in [0.2, 0.25) is 5.88 Å². The molecule has 0 fully saturated rings. The van der Waals surface area contributed by atoms with E-state index >= 15 is 0 Å². The van der Waals surface area contributed by atoms with Crippen molar-refractivity contribution in [3.05, 3.63) is 6.33 Å². The second kappa shape index (κ2) is 7.34. The summed E-state index contributed by atoms with van der Waals surface area (Å²) in [6.45, 7) is 3.66. The molecule has 0 saturated heterocycles. The smallest absolute Gasteiger partial charge is 0.241 e. The van der Waals surface area contributed by atoms with Crippen LogP contribution in [0.3, 0.4) is 0 Å². The molecule has 0 spiro atoms. The minimum atomic E-state index is 0.495. The van der Waals surface area contributed by atoms with E-state index in [9.17, 15) is 0 Å². The number of ether oxygens (including phenoxy) is 1. The Bertz CT molecular complexity index is 346. The zero-order valence-corrected chi connectivity index (χ0v) is 11.5. The molecule has 0 atom stereocenters. The molecular weight excluding hydrogens is 236 g/mol. The first-order valence-electron chi connectivity index (χ1n) is 5.66. The number of nitrogens with zero attached hydrogens (tertiary/aromatic N) is 3. The van der Waals surface area contributed by atoms with Crippen LogP contribution < -0.4 is 10.5 Å². The molecule has 0 aliphatic heterocycles. The van der Waals surface area contributed by atoms with Gasteiger partial charge in [0.1, 0.15) is 17.0 Å². The molecule has 0 aromatic carbocycles. The molecule has 0 saturated carbocycles. The van der Waals surface area contributed by atoms with Gasteiger partial charge in [-0.3, -0.25) is 0 Å². The van der Waals surface area contributed by atoms with Crippen molar-refractivity contribution in [3.63, 3.8) is 0 Å². The lowest BCUT2D eigenvalue weighted by atomic mass is 10.5. The summed E-state index contributed by atoms with van der Waals surface area (Å²) in [5, 5.41) is 0.799. The Hall–Kier alpha value is -1.01. The van der Waals surface area contributed by atoms with Crippen LogP contribution in [-0.4, -0.2) is 47.9 Å². The van der Waals surface area contributed by atoms with Gasteiger partial charge in [-0.05, 0) is 20.5 Å². The lowest BCUT2D eigenvalue weighted by Crippen LogP contribution is -2.15. The zero-order chi connectivity index (χ0) is 12.7. The normalized spacial score (nSPS) is 10.8. The van der Waals surface area contributed by atoms with E-state index < -0.39 is 0 Å². The molecule has 0 aliphatic rings. The third-order valence-electron chi connectivity index (χ3n) is 2.03. The summed E-state index contributed by atoms with van der Waals surface area (Å²) < 4.78 is 5.45. The van der Waals surface area contributed by atoms with Crippen LogP contribution >= 0.6 is 11.8 Å². The first-order valence-corrected chi connectivity index (χ1v) is 6.64. The second-order valence-corrected chi connectivity index (χ2v) is 4.98. The van der Waals surface area contributed by atoms with Gasteiger partial charge in [0, 0.05) is 12.3 Å². The second-order valence-electron chi connectivity index (χ2n) is 3.90. The Labute approximate surface area is 107 Å². The van der Waals surface area contributed by atoms with E-state index in [-0.39, 0.29) is 0 Å². The highest BCUT2D eigenvalue weighted by atomic mass is 32.2. The molecule has 5 nitrogen and oxygen atoms in total. The Morgan fingerprint density at radius 3 is 2.82 bits per heavy atom. The van der Waals surface area contributed by atoms with E-state index in [0.717, 1.165) is 23.7 Å². The Morgan fingerprint density at radius 1 is 1.41 bits per heavy atom. The topological polar surface area (TPSA) is 64.3 Å². The van der Waals surface area contributed by atoms with Gasteiger partial charge in [0.25, 0.3) is 0 Å². The maximum atomic E-state index is 5.96. The van der Waals surface area contributed by atoms with Crippen LogP contribution in [0.5, 0.6) is 5.88 Å². The van der Waals surface area contributed by atoms with Gasteiger partial charge in [-0.1, -0.05) is 6.92 Å². The molecule has 0 bridgehead atoms. The zero-order valence-electron chi connectivity index (χ0n) is 10.6. The molecular formula is C11H20N4OS. The van der Waals surface area contributed by atoms with Crippen molar-refractivity contribution in [1.82, 2.24) is 14.9 Å². The van der Waals surface area contributed by atoms with Crippen molar-refractivity contribution in [2.75, 3.05) is 38.7 Å². The molecule has 1 aromatic heterocycles. The summed E-state index contributed by atoms with van der Waals surface area (Å²) in [5.74, 6) is 1.44. The highest BCUT2D eigenvalue weighted by molar-refractivity contribution is 7.99. The highest BCUT2D eigenvalue weighted by Crippen LogP contribution is 2.28. The number of thioether (sulfide) groups is 1. The van der Waals surface area contributed by atoms with Crippen LogP contribution in [0.25, 0.3) is 0 Å². The highest BCUT2D eigenvalue weighted by Gasteiger charge is 2.09. The molecule has 0 amide bonds. The van der Waals surface area contributed by atoms with Crippen LogP contribution in [0.2, 0.25) is 0 Å². The Morgan fingerprint density at radius 2 is 2.18 bits per heavy atom. The van der Waals surface area contributed by atoms with Gasteiger partial charge in [-0.2, -0.15) is 4.98 Å². The van der Waals surface area contributed by atoms with E-state index in [1.807, 2.05) is 21.0 Å². The molecule has 0 radical (unpaired) electrons. The number of aromatic nitrogens is 2. The van der Waals surface area contributed by atoms with Gasteiger partial charge >= 0.3 is 0 Å². The molecule has 96 valence electrons. The fourth-order valence-electron chi connectivity index (χ4n) is 1.12. The minimum absolute atomic E-state index is 0.495. The van der Waals surface area contributed by atoms with Gasteiger partial charge < -0.3 is 15.4 Å². The van der Waals surface area contributed by atoms with E-state index in [4.69, 9.17) is 10.5 Å². The Balaban J connectivity index is 2.59. The third kappa shape index (κ3) is 4.79. The van der Waals surface area contributed by atoms with Gasteiger partial charge in [0.05, 0.1) is 6.61 Å². The van der Waals surface area contributed by atoms with Gasteiger partial charge in [-0.15, -0.1) is 11.8 Å². The van der Waals surface area contributed by atoms with Gasteiger partial charge in [-0.25, -0.2) is 4.98 Å². The van der Waals surface area contributed by atoms with Crippen LogP contribution in [-0.2, 0) is 0 Å². The SMILES string of the molecule is CCCOc1ncnc(SCCN(C)C)c1N. The number of nitrogens with two attached hydrogens (primary N) is 1. The fourth-order valence-corrected chi connectivity index (χ4v) is 2.13. The van der Waals surface area contributed by atoms with Crippen molar-refractivity contribution in [2.24, 2.45) is 0 Å². The molecule has 1 heterocycles. The summed E-state index contributed by atoms with van der Waals surface area (Å²) in [7, 11) is 4.08. The number of anilines is 1. The maximum absolute atomic E-state index is 5.96. The average Bonchev–Trinajstić information content (AvgIpc) is 2.29. The lowest BCUT2D eigenvalue weighted by Gasteiger charge is -2.11. The van der Waals surface area contributed by atoms with Crippen molar-refractivity contribution in [3.8, 4) is 5.88 Å². The first kappa shape index (κ1) is 14.1. The summed E-state index contributed by atoms with van der Waals surface area (Å²) >= 11 is 1.63. The van der Waals surface area contributed by atoms with Crippen molar-refractivity contribution < 1.29 is 4.74 Å². The summed E-state index contributed by atoms with van der Waals surface area (Å²) in [6, 6.07) is 0. The van der Waals surface area contributed by atoms with Crippen molar-refractivity contribution >= 4 is 17.4 Å². The number of hydrogen-bond donors (Lipinski definition) is 1. The summed E-state index contributed by atoms with van der Waals surface area (Å²) in [5.41, 5.74) is 6.50. The van der Waals surface area contributed by atoms with Crippen molar-refractivity contribution in [2.45, 2.75) is 18.4 Å². The van der Waals surface area contributed by atoms with E-state index in [1.165, 1.54) is 6.33 Å². The van der Waals surface area contributed by atoms with Crippen LogP contribution in [0.1, 0.15) is 13.3 Å². The van der Waals surface area contributed by atoms with Crippen LogP contribution in [0, 0.1) is 0 Å². The van der Waals surface area contributed by atoms with Crippen LogP contribution in [0.4, 0.5) is 5.69 Å². The fraction of sp³-hybridized carbons (Fsp3) is 0.636. The minimum Gasteiger partial charge on any atom is -0.476 e. The molecule has 17 heavy (non-hydrogen) atoms. The average molecular weight is 256 g/mol.